The molecule has 2 N–H and O–H groups in total. The molecule has 28 heavy (non-hydrogen) atoms. The lowest BCUT2D eigenvalue weighted by atomic mass is 10.1. The molecule has 0 atom stereocenters. The second-order valence-electron chi connectivity index (χ2n) is 6.13. The van der Waals surface area contributed by atoms with Crippen molar-refractivity contribution in [2.24, 2.45) is 0 Å². The Morgan fingerprint density at radius 3 is 2.29 bits per heavy atom. The highest BCUT2D eigenvalue weighted by Crippen LogP contribution is 2.32. The van der Waals surface area contributed by atoms with Gasteiger partial charge in [-0.05, 0) is 36.4 Å². The van der Waals surface area contributed by atoms with E-state index < -0.39 is 0 Å². The average molecular weight is 443 g/mol. The second kappa shape index (κ2) is 9.47. The molecule has 0 bridgehead atoms. The summed E-state index contributed by atoms with van der Waals surface area (Å²) in [4.78, 5) is 26.3. The van der Waals surface area contributed by atoms with E-state index in [2.05, 4.69) is 10.6 Å². The smallest absolute Gasteiger partial charge is 0.254 e. The number of morpholine rings is 1. The van der Waals surface area contributed by atoms with E-state index in [4.69, 9.17) is 39.5 Å². The Kier molecular flexibility index (Phi) is 7.02. The molecule has 1 fully saturated rings. The third kappa shape index (κ3) is 5.29. The highest BCUT2D eigenvalue weighted by atomic mass is 35.5. The van der Waals surface area contributed by atoms with Crippen LogP contribution in [0.4, 0.5) is 11.4 Å². The number of halogens is 3. The number of hydrogen-bond donors (Lipinski definition) is 2. The number of nitrogens with zero attached hydrogens (tertiary/aromatic N) is 1. The molecule has 1 aliphatic heterocycles. The molecule has 148 valence electrons. The highest BCUT2D eigenvalue weighted by molar-refractivity contribution is 6.44. The first kappa shape index (κ1) is 20.7. The first-order valence-electron chi connectivity index (χ1n) is 8.59. The molecule has 0 spiro atoms. The maximum Gasteiger partial charge on any atom is 0.254 e. The number of ether oxygens (including phenoxy) is 1. The van der Waals surface area contributed by atoms with Crippen molar-refractivity contribution in [3.05, 3.63) is 57.0 Å². The van der Waals surface area contributed by atoms with Crippen LogP contribution in [0, 0.1) is 0 Å². The predicted octanol–water partition coefficient (Wildman–Crippen LogP) is 4.17. The maximum atomic E-state index is 12.4. The van der Waals surface area contributed by atoms with Gasteiger partial charge in [-0.15, -0.1) is 0 Å². The van der Waals surface area contributed by atoms with Gasteiger partial charge in [-0.2, -0.15) is 0 Å². The molecule has 1 aliphatic rings. The molecular weight excluding hydrogens is 425 g/mol. The van der Waals surface area contributed by atoms with Gasteiger partial charge < -0.3 is 20.3 Å². The third-order valence-corrected chi connectivity index (χ3v) is 5.20. The van der Waals surface area contributed by atoms with Gasteiger partial charge in [-0.1, -0.05) is 34.8 Å². The van der Waals surface area contributed by atoms with Crippen molar-refractivity contribution in [1.82, 2.24) is 4.90 Å². The van der Waals surface area contributed by atoms with E-state index >= 15 is 0 Å². The van der Waals surface area contributed by atoms with Crippen molar-refractivity contribution >= 4 is 58.0 Å². The van der Waals surface area contributed by atoms with Crippen LogP contribution < -0.4 is 10.6 Å². The first-order chi connectivity index (χ1) is 13.4. The summed E-state index contributed by atoms with van der Waals surface area (Å²) in [5.41, 5.74) is 1.67. The zero-order valence-electron chi connectivity index (χ0n) is 14.8. The van der Waals surface area contributed by atoms with E-state index in [0.29, 0.717) is 58.3 Å². The second-order valence-corrected chi connectivity index (χ2v) is 7.35. The van der Waals surface area contributed by atoms with Gasteiger partial charge in [0.2, 0.25) is 5.91 Å². The molecule has 9 heteroatoms. The largest absolute Gasteiger partial charge is 0.378 e. The summed E-state index contributed by atoms with van der Waals surface area (Å²) in [7, 11) is 0. The number of anilines is 2. The number of benzene rings is 2. The summed E-state index contributed by atoms with van der Waals surface area (Å²) in [5.74, 6) is -0.313. The number of carbonyl (C=O) groups is 2. The van der Waals surface area contributed by atoms with Gasteiger partial charge in [0.15, 0.2) is 0 Å². The normalized spacial score (nSPS) is 13.9. The van der Waals surface area contributed by atoms with Crippen LogP contribution in [0.3, 0.4) is 0 Å². The molecule has 0 saturated carbocycles. The van der Waals surface area contributed by atoms with Crippen LogP contribution in [0.15, 0.2) is 36.4 Å². The summed E-state index contributed by atoms with van der Waals surface area (Å²) < 4.78 is 5.25. The lowest BCUT2D eigenvalue weighted by Crippen LogP contribution is -2.40. The van der Waals surface area contributed by atoms with Gasteiger partial charge in [-0.3, -0.25) is 9.59 Å². The fourth-order valence-corrected chi connectivity index (χ4v) is 3.30. The number of amides is 2. The molecule has 0 unspecified atom stereocenters. The fourth-order valence-electron chi connectivity index (χ4n) is 2.68. The van der Waals surface area contributed by atoms with Crippen molar-refractivity contribution in [2.45, 2.75) is 0 Å². The van der Waals surface area contributed by atoms with Crippen molar-refractivity contribution in [3.8, 4) is 0 Å². The van der Waals surface area contributed by atoms with Crippen LogP contribution >= 0.6 is 34.8 Å². The Bertz CT molecular complexity index is 869. The minimum absolute atomic E-state index is 0.00780. The van der Waals surface area contributed by atoms with Gasteiger partial charge in [0.25, 0.3) is 5.91 Å². The van der Waals surface area contributed by atoms with Crippen LogP contribution in [-0.2, 0) is 9.53 Å². The van der Waals surface area contributed by atoms with Crippen molar-refractivity contribution in [2.75, 3.05) is 43.5 Å². The standard InChI is InChI=1S/C19H18Cl3N3O3/c20-14-9-16(22)17(10-15(14)21)23-11-18(26)24-13-3-1-12(2-4-13)19(27)25-5-7-28-8-6-25/h1-4,9-10,23H,5-8,11H2,(H,24,26). The minimum atomic E-state index is -0.269. The number of hydrogen-bond acceptors (Lipinski definition) is 4. The summed E-state index contributed by atoms with van der Waals surface area (Å²) >= 11 is 17.9. The molecule has 0 aromatic heterocycles. The Balaban J connectivity index is 1.54. The predicted molar refractivity (Wildman–Crippen MR) is 112 cm³/mol. The number of rotatable bonds is 5. The van der Waals surface area contributed by atoms with E-state index in [-0.39, 0.29) is 18.4 Å². The first-order valence-corrected chi connectivity index (χ1v) is 9.73. The Morgan fingerprint density at radius 2 is 1.61 bits per heavy atom. The van der Waals surface area contributed by atoms with Crippen LogP contribution in [0.2, 0.25) is 15.1 Å². The summed E-state index contributed by atoms with van der Waals surface area (Å²) in [6, 6.07) is 9.84. The zero-order valence-corrected chi connectivity index (χ0v) is 17.1. The van der Waals surface area contributed by atoms with Gasteiger partial charge in [0.05, 0.1) is 40.5 Å². The highest BCUT2D eigenvalue weighted by Gasteiger charge is 2.18. The topological polar surface area (TPSA) is 70.7 Å². The summed E-state index contributed by atoms with van der Waals surface area (Å²) in [5, 5.41) is 6.72. The minimum Gasteiger partial charge on any atom is -0.378 e. The van der Waals surface area contributed by atoms with Crippen LogP contribution in [0.25, 0.3) is 0 Å². The van der Waals surface area contributed by atoms with E-state index in [1.165, 1.54) is 6.07 Å². The SMILES string of the molecule is O=C(CNc1cc(Cl)c(Cl)cc1Cl)Nc1ccc(C(=O)N2CCOCC2)cc1. The van der Waals surface area contributed by atoms with Crippen LogP contribution in [0.1, 0.15) is 10.4 Å². The molecule has 1 saturated heterocycles. The molecule has 2 aromatic carbocycles. The quantitative estimate of drug-likeness (QED) is 0.682. The molecule has 0 radical (unpaired) electrons. The number of nitrogens with one attached hydrogen (secondary N) is 2. The van der Waals surface area contributed by atoms with E-state index in [0.717, 1.165) is 0 Å². The lowest BCUT2D eigenvalue weighted by Gasteiger charge is -2.26. The van der Waals surface area contributed by atoms with Crippen LogP contribution in [0.5, 0.6) is 0 Å². The van der Waals surface area contributed by atoms with Gasteiger partial charge in [0, 0.05) is 24.3 Å². The van der Waals surface area contributed by atoms with E-state index in [1.807, 2.05) is 0 Å². The van der Waals surface area contributed by atoms with E-state index in [9.17, 15) is 9.59 Å². The fraction of sp³-hybridized carbons (Fsp3) is 0.263. The maximum absolute atomic E-state index is 12.4. The Labute approximate surface area is 177 Å². The zero-order chi connectivity index (χ0) is 20.1. The third-order valence-electron chi connectivity index (χ3n) is 4.16. The molecule has 2 amide bonds. The molecule has 0 aliphatic carbocycles. The van der Waals surface area contributed by atoms with Gasteiger partial charge >= 0.3 is 0 Å². The average Bonchev–Trinajstić information content (AvgIpc) is 2.70. The van der Waals surface area contributed by atoms with Crippen molar-refractivity contribution < 1.29 is 14.3 Å². The van der Waals surface area contributed by atoms with Crippen molar-refractivity contribution in [3.63, 3.8) is 0 Å². The van der Waals surface area contributed by atoms with Crippen molar-refractivity contribution in [1.29, 1.82) is 0 Å². The Hall–Kier alpha value is -1.99. The molecular formula is C19H18Cl3N3O3. The summed E-state index contributed by atoms with van der Waals surface area (Å²) in [6.07, 6.45) is 0. The monoisotopic (exact) mass is 441 g/mol. The lowest BCUT2D eigenvalue weighted by molar-refractivity contribution is -0.114. The number of carbonyl (C=O) groups excluding carboxylic acids is 2. The molecule has 1 heterocycles. The molecule has 3 rings (SSSR count). The Morgan fingerprint density at radius 1 is 0.964 bits per heavy atom. The van der Waals surface area contributed by atoms with Gasteiger partial charge in [0.1, 0.15) is 0 Å². The molecule has 2 aromatic rings. The van der Waals surface area contributed by atoms with E-state index in [1.54, 1.807) is 35.2 Å². The van der Waals surface area contributed by atoms with Crippen LogP contribution in [-0.4, -0.2) is 49.6 Å². The van der Waals surface area contributed by atoms with Gasteiger partial charge in [-0.25, -0.2) is 0 Å². The molecule has 6 nitrogen and oxygen atoms in total. The summed E-state index contributed by atoms with van der Waals surface area (Å²) in [6.45, 7) is 2.26.